The molecule has 0 saturated heterocycles. The van der Waals surface area contributed by atoms with Crippen LogP contribution < -0.4 is 5.32 Å². The van der Waals surface area contributed by atoms with Gasteiger partial charge in [0.2, 0.25) is 5.91 Å². The molecule has 0 aliphatic rings. The standard InChI is InChI=1S/C10H13N7O3/c18-9(1-4-16-6-3-12-14-16)11-2-5-17-7-8(10(19)20)13-15-17/h3,6-7H,1-2,4-5H2,(H,11,18)(H,19,20). The molecular formula is C10H13N7O3. The number of carboxylic acids is 1. The lowest BCUT2D eigenvalue weighted by atomic mass is 10.4. The van der Waals surface area contributed by atoms with E-state index in [9.17, 15) is 9.59 Å². The highest BCUT2D eigenvalue weighted by molar-refractivity contribution is 5.84. The van der Waals surface area contributed by atoms with Crippen molar-refractivity contribution in [3.05, 3.63) is 24.3 Å². The van der Waals surface area contributed by atoms with E-state index in [1.54, 1.807) is 17.1 Å². The van der Waals surface area contributed by atoms with Crippen LogP contribution in [0.2, 0.25) is 0 Å². The molecule has 10 nitrogen and oxygen atoms in total. The van der Waals surface area contributed by atoms with Crippen LogP contribution >= 0.6 is 0 Å². The molecule has 0 atom stereocenters. The van der Waals surface area contributed by atoms with Gasteiger partial charge in [-0.2, -0.15) is 0 Å². The zero-order valence-corrected chi connectivity index (χ0v) is 10.5. The van der Waals surface area contributed by atoms with Crippen LogP contribution in [0.25, 0.3) is 0 Å². The van der Waals surface area contributed by atoms with Crippen LogP contribution in [0.15, 0.2) is 18.6 Å². The zero-order valence-electron chi connectivity index (χ0n) is 10.5. The van der Waals surface area contributed by atoms with Gasteiger partial charge < -0.3 is 10.4 Å². The Hall–Kier alpha value is -2.78. The third-order valence-electron chi connectivity index (χ3n) is 2.46. The molecule has 0 saturated carbocycles. The van der Waals surface area contributed by atoms with Gasteiger partial charge in [-0.3, -0.25) is 9.48 Å². The maximum atomic E-state index is 11.5. The van der Waals surface area contributed by atoms with Gasteiger partial charge in [0.25, 0.3) is 0 Å². The molecule has 0 unspecified atom stereocenters. The summed E-state index contributed by atoms with van der Waals surface area (Å²) in [5, 5.41) is 25.8. The first-order chi connectivity index (χ1) is 9.65. The number of aromatic carboxylic acids is 1. The fraction of sp³-hybridized carbons (Fsp3) is 0.400. The molecule has 2 rings (SSSR count). The fourth-order valence-corrected chi connectivity index (χ4v) is 1.47. The number of aryl methyl sites for hydroxylation is 1. The Kier molecular flexibility index (Phi) is 4.37. The second-order valence-corrected chi connectivity index (χ2v) is 3.94. The van der Waals surface area contributed by atoms with Crippen LogP contribution in [0.4, 0.5) is 0 Å². The Labute approximate surface area is 113 Å². The first kappa shape index (κ1) is 13.6. The fourth-order valence-electron chi connectivity index (χ4n) is 1.47. The highest BCUT2D eigenvalue weighted by atomic mass is 16.4. The van der Waals surface area contributed by atoms with Gasteiger partial charge in [0.05, 0.1) is 25.5 Å². The molecule has 0 spiro atoms. The van der Waals surface area contributed by atoms with Crippen molar-refractivity contribution in [2.24, 2.45) is 0 Å². The van der Waals surface area contributed by atoms with Crippen molar-refractivity contribution in [3.8, 4) is 0 Å². The van der Waals surface area contributed by atoms with Crippen LogP contribution in [0.1, 0.15) is 16.9 Å². The third-order valence-corrected chi connectivity index (χ3v) is 2.46. The highest BCUT2D eigenvalue weighted by Crippen LogP contribution is 1.92. The molecule has 0 aliphatic carbocycles. The molecule has 2 N–H and O–H groups in total. The smallest absolute Gasteiger partial charge is 0.358 e. The minimum Gasteiger partial charge on any atom is -0.476 e. The molecule has 2 aromatic heterocycles. The van der Waals surface area contributed by atoms with Crippen molar-refractivity contribution in [1.82, 2.24) is 35.3 Å². The summed E-state index contributed by atoms with van der Waals surface area (Å²) in [5.41, 5.74) is -0.123. The number of nitrogens with one attached hydrogen (secondary N) is 1. The van der Waals surface area contributed by atoms with Gasteiger partial charge in [0.1, 0.15) is 0 Å². The van der Waals surface area contributed by atoms with E-state index >= 15 is 0 Å². The molecule has 0 aromatic carbocycles. The third kappa shape index (κ3) is 3.86. The van der Waals surface area contributed by atoms with E-state index in [2.05, 4.69) is 25.9 Å². The van der Waals surface area contributed by atoms with E-state index in [0.717, 1.165) is 0 Å². The maximum absolute atomic E-state index is 11.5. The Bertz CT molecular complexity index is 577. The molecule has 20 heavy (non-hydrogen) atoms. The van der Waals surface area contributed by atoms with Crippen LogP contribution in [-0.2, 0) is 17.9 Å². The van der Waals surface area contributed by atoms with E-state index in [-0.39, 0.29) is 11.6 Å². The van der Waals surface area contributed by atoms with Crippen LogP contribution in [0.5, 0.6) is 0 Å². The molecule has 0 aliphatic heterocycles. The number of aromatic nitrogens is 6. The normalized spacial score (nSPS) is 10.4. The molecule has 106 valence electrons. The van der Waals surface area contributed by atoms with Crippen molar-refractivity contribution in [2.75, 3.05) is 6.54 Å². The van der Waals surface area contributed by atoms with Crippen molar-refractivity contribution in [3.63, 3.8) is 0 Å². The number of rotatable bonds is 7. The molecule has 2 aromatic rings. The lowest BCUT2D eigenvalue weighted by molar-refractivity contribution is -0.121. The van der Waals surface area contributed by atoms with E-state index in [0.29, 0.717) is 26.1 Å². The van der Waals surface area contributed by atoms with Gasteiger partial charge in [-0.25, -0.2) is 9.48 Å². The molecule has 1 amide bonds. The van der Waals surface area contributed by atoms with E-state index in [1.165, 1.54) is 10.9 Å². The topological polar surface area (TPSA) is 128 Å². The average Bonchev–Trinajstić information content (AvgIpc) is 3.07. The number of nitrogens with zero attached hydrogens (tertiary/aromatic N) is 6. The van der Waals surface area contributed by atoms with E-state index < -0.39 is 5.97 Å². The summed E-state index contributed by atoms with van der Waals surface area (Å²) >= 11 is 0. The number of carbonyl (C=O) groups is 2. The monoisotopic (exact) mass is 279 g/mol. The summed E-state index contributed by atoms with van der Waals surface area (Å²) < 4.78 is 2.93. The minimum absolute atomic E-state index is 0.123. The van der Waals surface area contributed by atoms with Crippen molar-refractivity contribution < 1.29 is 14.7 Å². The summed E-state index contributed by atoms with van der Waals surface area (Å²) in [4.78, 5) is 22.1. The van der Waals surface area contributed by atoms with Gasteiger partial charge in [-0.15, -0.1) is 10.2 Å². The second kappa shape index (κ2) is 6.41. The summed E-state index contributed by atoms with van der Waals surface area (Å²) in [6.45, 7) is 1.16. The molecule has 0 bridgehead atoms. The maximum Gasteiger partial charge on any atom is 0.358 e. The molecule has 2 heterocycles. The first-order valence-corrected chi connectivity index (χ1v) is 5.89. The van der Waals surface area contributed by atoms with Gasteiger partial charge in [0, 0.05) is 19.2 Å². The largest absolute Gasteiger partial charge is 0.476 e. The van der Waals surface area contributed by atoms with E-state index in [4.69, 9.17) is 5.11 Å². The molecular weight excluding hydrogens is 266 g/mol. The summed E-state index contributed by atoms with van der Waals surface area (Å²) in [6, 6.07) is 0. The van der Waals surface area contributed by atoms with Gasteiger partial charge in [-0.05, 0) is 0 Å². The molecule has 0 fully saturated rings. The number of hydrogen-bond acceptors (Lipinski definition) is 6. The second-order valence-electron chi connectivity index (χ2n) is 3.94. The minimum atomic E-state index is -1.13. The number of carbonyl (C=O) groups excluding carboxylic acids is 1. The van der Waals surface area contributed by atoms with Crippen LogP contribution in [-0.4, -0.2) is 53.5 Å². The Morgan fingerprint density at radius 2 is 2.10 bits per heavy atom. The number of carboxylic acid groups (broad SMARTS) is 1. The lowest BCUT2D eigenvalue weighted by Crippen LogP contribution is -2.28. The predicted molar refractivity (Wildman–Crippen MR) is 64.6 cm³/mol. The van der Waals surface area contributed by atoms with Crippen molar-refractivity contribution >= 4 is 11.9 Å². The van der Waals surface area contributed by atoms with E-state index in [1.807, 2.05) is 0 Å². The molecule has 10 heteroatoms. The first-order valence-electron chi connectivity index (χ1n) is 5.89. The summed E-state index contributed by atoms with van der Waals surface area (Å²) in [7, 11) is 0. The van der Waals surface area contributed by atoms with Crippen molar-refractivity contribution in [2.45, 2.75) is 19.5 Å². The summed E-state index contributed by atoms with van der Waals surface area (Å²) in [6.07, 6.45) is 4.82. The quantitative estimate of drug-likeness (QED) is 0.649. The zero-order chi connectivity index (χ0) is 14.4. The Balaban J connectivity index is 1.67. The number of hydrogen-bond donors (Lipinski definition) is 2. The Morgan fingerprint density at radius 1 is 1.25 bits per heavy atom. The highest BCUT2D eigenvalue weighted by Gasteiger charge is 2.08. The van der Waals surface area contributed by atoms with Gasteiger partial charge in [-0.1, -0.05) is 10.4 Å². The molecule has 0 radical (unpaired) electrons. The lowest BCUT2D eigenvalue weighted by Gasteiger charge is -2.04. The van der Waals surface area contributed by atoms with Crippen molar-refractivity contribution in [1.29, 1.82) is 0 Å². The summed E-state index contributed by atoms with van der Waals surface area (Å²) in [5.74, 6) is -1.26. The number of amides is 1. The van der Waals surface area contributed by atoms with Gasteiger partial charge in [0.15, 0.2) is 5.69 Å². The van der Waals surface area contributed by atoms with Crippen LogP contribution in [0.3, 0.4) is 0 Å². The van der Waals surface area contributed by atoms with Crippen LogP contribution in [0, 0.1) is 0 Å². The average molecular weight is 279 g/mol. The van der Waals surface area contributed by atoms with Gasteiger partial charge >= 0.3 is 5.97 Å². The Morgan fingerprint density at radius 3 is 2.75 bits per heavy atom. The predicted octanol–water partition coefficient (Wildman–Crippen LogP) is -1.23. The SMILES string of the molecule is O=C(CCn1ccnn1)NCCn1cc(C(=O)O)nn1.